The summed E-state index contributed by atoms with van der Waals surface area (Å²) in [5, 5.41) is -1.40. The van der Waals surface area contributed by atoms with Gasteiger partial charge < -0.3 is 0 Å². The lowest BCUT2D eigenvalue weighted by Crippen LogP contribution is -2.29. The molecule has 0 radical (unpaired) electrons. The lowest BCUT2D eigenvalue weighted by atomic mass is 9.91. The third kappa shape index (κ3) is 1.70. The van der Waals surface area contributed by atoms with Gasteiger partial charge in [0.2, 0.25) is 10.5 Å². The third-order valence-electron chi connectivity index (χ3n) is 1.57. The van der Waals surface area contributed by atoms with Crippen LogP contribution in [0.3, 0.4) is 0 Å². The molecule has 0 bridgehead atoms. The zero-order valence-electron chi connectivity index (χ0n) is 5.78. The van der Waals surface area contributed by atoms with Crippen molar-refractivity contribution in [3.63, 3.8) is 0 Å². The van der Waals surface area contributed by atoms with Gasteiger partial charge in [-0.25, -0.2) is 0 Å². The number of rotatable bonds is 3. The Hall–Kier alpha value is -0.0800. The van der Waals surface area contributed by atoms with Gasteiger partial charge in [-0.05, 0) is 36.5 Å². The summed E-state index contributed by atoms with van der Waals surface area (Å²) >= 11 is 10.3. The highest BCUT2D eigenvalue weighted by Gasteiger charge is 2.36. The molecule has 0 saturated heterocycles. The van der Waals surface area contributed by atoms with E-state index in [1.54, 1.807) is 6.92 Å². The van der Waals surface area contributed by atoms with Crippen molar-refractivity contribution in [3.05, 3.63) is 0 Å². The fourth-order valence-corrected chi connectivity index (χ4v) is 0.843. The van der Waals surface area contributed by atoms with E-state index >= 15 is 0 Å². The van der Waals surface area contributed by atoms with Gasteiger partial charge in [0.25, 0.3) is 0 Å². The molecule has 0 aromatic carbocycles. The Bertz CT molecular complexity index is 151. The van der Waals surface area contributed by atoms with Gasteiger partial charge >= 0.3 is 0 Å². The molecule has 0 saturated carbocycles. The first-order valence-corrected chi connectivity index (χ1v) is 3.60. The summed E-state index contributed by atoms with van der Waals surface area (Å²) in [6, 6.07) is 0. The van der Waals surface area contributed by atoms with Crippen LogP contribution in [0.25, 0.3) is 0 Å². The van der Waals surface area contributed by atoms with E-state index in [4.69, 9.17) is 23.2 Å². The van der Waals surface area contributed by atoms with Crippen LogP contribution in [-0.4, -0.2) is 10.5 Å². The molecular weight excluding hydrogens is 175 g/mol. The van der Waals surface area contributed by atoms with Crippen LogP contribution in [0, 0.1) is 5.41 Å². The van der Waals surface area contributed by atoms with Gasteiger partial charge in [0.15, 0.2) is 0 Å². The molecule has 2 nitrogen and oxygen atoms in total. The third-order valence-corrected chi connectivity index (χ3v) is 2.41. The van der Waals surface area contributed by atoms with Crippen molar-refractivity contribution in [3.8, 4) is 0 Å². The van der Waals surface area contributed by atoms with Crippen LogP contribution in [0.15, 0.2) is 0 Å². The van der Waals surface area contributed by atoms with Crippen LogP contribution < -0.4 is 0 Å². The van der Waals surface area contributed by atoms with Gasteiger partial charge in [-0.2, -0.15) is 0 Å². The van der Waals surface area contributed by atoms with Crippen molar-refractivity contribution in [2.75, 3.05) is 0 Å². The van der Waals surface area contributed by atoms with Gasteiger partial charge in [-0.1, -0.05) is 6.92 Å². The van der Waals surface area contributed by atoms with Crippen LogP contribution in [0.4, 0.5) is 0 Å². The summed E-state index contributed by atoms with van der Waals surface area (Å²) in [6.45, 7) is 3.11. The fraction of sp³-hybridized carbons (Fsp3) is 0.667. The minimum atomic E-state index is -1.21. The van der Waals surface area contributed by atoms with Crippen molar-refractivity contribution in [1.82, 2.24) is 0 Å². The standard InChI is InChI=1S/C6H8Cl2O2/c1-3-6(2,4(7)9)5(8)10/h3H2,1-2H3. The molecule has 0 rings (SSSR count). The van der Waals surface area contributed by atoms with Crippen LogP contribution >= 0.6 is 23.2 Å². The second-order valence-corrected chi connectivity index (χ2v) is 2.92. The van der Waals surface area contributed by atoms with Crippen LogP contribution in [0.5, 0.6) is 0 Å². The molecule has 0 fully saturated rings. The van der Waals surface area contributed by atoms with Gasteiger partial charge in [-0.15, -0.1) is 0 Å². The molecule has 0 aliphatic carbocycles. The first-order chi connectivity index (χ1) is 4.45. The Kier molecular flexibility index (Phi) is 3.33. The Morgan fingerprint density at radius 2 is 1.60 bits per heavy atom. The van der Waals surface area contributed by atoms with Crippen molar-refractivity contribution < 1.29 is 9.59 Å². The van der Waals surface area contributed by atoms with Gasteiger partial charge in [0.05, 0.1) is 0 Å². The number of carbonyl (C=O) groups excluding carboxylic acids is 2. The molecule has 0 unspecified atom stereocenters. The average molecular weight is 183 g/mol. The van der Waals surface area contributed by atoms with Crippen molar-refractivity contribution >= 4 is 33.7 Å². The van der Waals surface area contributed by atoms with E-state index in [-0.39, 0.29) is 0 Å². The lowest BCUT2D eigenvalue weighted by molar-refractivity contribution is -0.130. The molecule has 0 atom stereocenters. The van der Waals surface area contributed by atoms with Gasteiger partial charge in [0.1, 0.15) is 5.41 Å². The zero-order valence-corrected chi connectivity index (χ0v) is 7.29. The maximum absolute atomic E-state index is 10.6. The zero-order chi connectivity index (χ0) is 8.36. The van der Waals surface area contributed by atoms with Gasteiger partial charge in [0, 0.05) is 0 Å². The van der Waals surface area contributed by atoms with E-state index < -0.39 is 15.9 Å². The highest BCUT2D eigenvalue weighted by Crippen LogP contribution is 2.27. The molecule has 0 aliphatic rings. The van der Waals surface area contributed by atoms with E-state index in [9.17, 15) is 9.59 Å². The Morgan fingerprint density at radius 1 is 1.30 bits per heavy atom. The predicted octanol–water partition coefficient (Wildman–Crippen LogP) is 1.93. The monoisotopic (exact) mass is 182 g/mol. The molecule has 0 heterocycles. The Labute approximate surface area is 69.5 Å². The summed E-state index contributed by atoms with van der Waals surface area (Å²) in [5.41, 5.74) is -1.21. The fourth-order valence-electron chi connectivity index (χ4n) is 0.355. The molecule has 58 valence electrons. The highest BCUT2D eigenvalue weighted by molar-refractivity contribution is 6.74. The number of hydrogen-bond acceptors (Lipinski definition) is 2. The molecule has 0 aromatic heterocycles. The van der Waals surface area contributed by atoms with E-state index in [0.717, 1.165) is 0 Å². The van der Waals surface area contributed by atoms with Crippen LogP contribution in [0.2, 0.25) is 0 Å². The summed E-state index contributed by atoms with van der Waals surface area (Å²) in [6.07, 6.45) is 0.331. The summed E-state index contributed by atoms with van der Waals surface area (Å²) in [4.78, 5) is 21.2. The topological polar surface area (TPSA) is 34.1 Å². The predicted molar refractivity (Wildman–Crippen MR) is 40.1 cm³/mol. The lowest BCUT2D eigenvalue weighted by Gasteiger charge is -2.16. The summed E-state index contributed by atoms with van der Waals surface area (Å²) in [5.74, 6) is 0. The second kappa shape index (κ2) is 3.35. The van der Waals surface area contributed by atoms with E-state index in [1.165, 1.54) is 6.92 Å². The molecule has 0 amide bonds. The minimum absolute atomic E-state index is 0.331. The van der Waals surface area contributed by atoms with E-state index in [1.807, 2.05) is 0 Å². The highest BCUT2D eigenvalue weighted by atomic mass is 35.5. The second-order valence-electron chi connectivity index (χ2n) is 2.23. The van der Waals surface area contributed by atoms with Crippen molar-refractivity contribution in [2.45, 2.75) is 20.3 Å². The Morgan fingerprint density at radius 3 is 1.60 bits per heavy atom. The first kappa shape index (κ1) is 9.92. The molecule has 0 aliphatic heterocycles. The average Bonchev–Trinajstić information content (AvgIpc) is 1.85. The molecule has 0 N–H and O–H groups in total. The van der Waals surface area contributed by atoms with Crippen LogP contribution in [-0.2, 0) is 9.59 Å². The first-order valence-electron chi connectivity index (χ1n) is 2.85. The van der Waals surface area contributed by atoms with Crippen LogP contribution in [0.1, 0.15) is 20.3 Å². The SMILES string of the molecule is CCC(C)(C(=O)Cl)C(=O)Cl. The minimum Gasteiger partial charge on any atom is -0.280 e. The normalized spacial score (nSPS) is 11.2. The summed E-state index contributed by atoms with van der Waals surface area (Å²) in [7, 11) is 0. The molecular formula is C6H8Cl2O2. The maximum Gasteiger partial charge on any atom is 0.236 e. The number of carbonyl (C=O) groups is 2. The van der Waals surface area contributed by atoms with E-state index in [2.05, 4.69) is 0 Å². The van der Waals surface area contributed by atoms with E-state index in [0.29, 0.717) is 6.42 Å². The molecule has 4 heteroatoms. The largest absolute Gasteiger partial charge is 0.280 e. The number of hydrogen-bond donors (Lipinski definition) is 0. The molecule has 10 heavy (non-hydrogen) atoms. The van der Waals surface area contributed by atoms with Gasteiger partial charge in [-0.3, -0.25) is 9.59 Å². The van der Waals surface area contributed by atoms with Crippen molar-refractivity contribution in [1.29, 1.82) is 0 Å². The van der Waals surface area contributed by atoms with Crippen molar-refractivity contribution in [2.24, 2.45) is 5.41 Å². The molecule has 0 aromatic rings. The smallest absolute Gasteiger partial charge is 0.236 e. The summed E-state index contributed by atoms with van der Waals surface area (Å²) < 4.78 is 0. The molecule has 0 spiro atoms. The quantitative estimate of drug-likeness (QED) is 0.494. The maximum atomic E-state index is 10.6. The Balaban J connectivity index is 4.55. The number of halogens is 2.